The zero-order valence-electron chi connectivity index (χ0n) is 16.8. The van der Waals surface area contributed by atoms with Crippen LogP contribution >= 0.6 is 15.9 Å². The third kappa shape index (κ3) is 23.6. The van der Waals surface area contributed by atoms with E-state index in [9.17, 15) is 0 Å². The van der Waals surface area contributed by atoms with E-state index in [1.54, 1.807) is 0 Å². The van der Waals surface area contributed by atoms with Crippen LogP contribution in [0.3, 0.4) is 0 Å². The molecular formula is C19H41BrMg. The number of halogens is 1. The fraction of sp³-hybridized carbons (Fsp3) is 1.00. The summed E-state index contributed by atoms with van der Waals surface area (Å²) in [6.45, 7) is 2.29. The Morgan fingerprint density at radius 3 is 0.952 bits per heavy atom. The van der Waals surface area contributed by atoms with Crippen molar-refractivity contribution in [2.45, 2.75) is 116 Å². The molecule has 0 atom stereocenters. The van der Waals surface area contributed by atoms with E-state index in [1.807, 2.05) is 0 Å². The van der Waals surface area contributed by atoms with Gasteiger partial charge in [0, 0.05) is 5.33 Å². The van der Waals surface area contributed by atoms with Crippen molar-refractivity contribution in [2.75, 3.05) is 5.33 Å². The number of hydrogen-bond donors (Lipinski definition) is 0. The standard InChI is InChI=1S/C19H39Br.Mg.2H/c1-2-3-4-5-6-7-8-9-10-11-12-13-14-15-16-17-18-19-20;;;/h2-19H2,1H3;;;/q;+2;2*-1. The molecule has 0 spiro atoms. The zero-order chi connectivity index (χ0) is 14.7. The predicted molar refractivity (Wildman–Crippen MR) is 106 cm³/mol. The molecule has 0 saturated heterocycles. The molecule has 0 aliphatic rings. The van der Waals surface area contributed by atoms with E-state index in [-0.39, 0.29) is 25.9 Å². The average Bonchev–Trinajstić information content (AvgIpc) is 2.47. The fourth-order valence-electron chi connectivity index (χ4n) is 2.82. The van der Waals surface area contributed by atoms with Crippen molar-refractivity contribution in [3.63, 3.8) is 0 Å². The van der Waals surface area contributed by atoms with Crippen molar-refractivity contribution in [1.82, 2.24) is 0 Å². The van der Waals surface area contributed by atoms with Crippen molar-refractivity contribution >= 4 is 39.0 Å². The summed E-state index contributed by atoms with van der Waals surface area (Å²) in [7, 11) is 0. The Labute approximate surface area is 162 Å². The van der Waals surface area contributed by atoms with E-state index >= 15 is 0 Å². The average molecular weight is 374 g/mol. The minimum Gasteiger partial charge on any atom is -1.00 e. The Bertz CT molecular complexity index is 153. The van der Waals surface area contributed by atoms with Crippen molar-refractivity contribution in [2.24, 2.45) is 0 Å². The quantitative estimate of drug-likeness (QED) is 0.138. The molecule has 0 heterocycles. The largest absolute Gasteiger partial charge is 2.00 e. The number of rotatable bonds is 17. The van der Waals surface area contributed by atoms with Crippen LogP contribution in [0.25, 0.3) is 0 Å². The van der Waals surface area contributed by atoms with E-state index in [0.717, 1.165) is 0 Å². The summed E-state index contributed by atoms with van der Waals surface area (Å²) in [5.41, 5.74) is 0. The smallest absolute Gasteiger partial charge is 1.00 e. The third-order valence-corrected chi connectivity index (χ3v) is 4.80. The molecule has 0 fully saturated rings. The molecule has 0 N–H and O–H groups in total. The molecule has 2 heteroatoms. The maximum absolute atomic E-state index is 3.49. The van der Waals surface area contributed by atoms with Crippen molar-refractivity contribution in [3.8, 4) is 0 Å². The Morgan fingerprint density at radius 2 is 0.714 bits per heavy atom. The van der Waals surface area contributed by atoms with Gasteiger partial charge in [0.15, 0.2) is 0 Å². The molecular weight excluding hydrogens is 332 g/mol. The minimum absolute atomic E-state index is 0. The SMILES string of the molecule is CCCCCCCCCCCCCCCCCCCBr.[H-].[H-].[Mg+2]. The topological polar surface area (TPSA) is 0 Å². The van der Waals surface area contributed by atoms with Gasteiger partial charge in [0.1, 0.15) is 0 Å². The van der Waals surface area contributed by atoms with E-state index < -0.39 is 0 Å². The maximum Gasteiger partial charge on any atom is 2.00 e. The summed E-state index contributed by atoms with van der Waals surface area (Å²) in [5.74, 6) is 0. The Balaban J connectivity index is -0.000000602. The van der Waals surface area contributed by atoms with Crippen LogP contribution in [-0.2, 0) is 0 Å². The number of hydrogen-bond acceptors (Lipinski definition) is 0. The van der Waals surface area contributed by atoms with Gasteiger partial charge in [-0.1, -0.05) is 126 Å². The van der Waals surface area contributed by atoms with Gasteiger partial charge >= 0.3 is 23.1 Å². The molecule has 0 aliphatic carbocycles. The Morgan fingerprint density at radius 1 is 0.476 bits per heavy atom. The molecule has 0 aromatic carbocycles. The minimum atomic E-state index is 0. The summed E-state index contributed by atoms with van der Waals surface area (Å²) < 4.78 is 0. The monoisotopic (exact) mass is 372 g/mol. The van der Waals surface area contributed by atoms with Crippen LogP contribution in [0.4, 0.5) is 0 Å². The van der Waals surface area contributed by atoms with E-state index in [2.05, 4.69) is 22.9 Å². The van der Waals surface area contributed by atoms with Gasteiger partial charge in [-0.15, -0.1) is 0 Å². The van der Waals surface area contributed by atoms with Gasteiger partial charge < -0.3 is 2.85 Å². The molecule has 0 rings (SSSR count). The van der Waals surface area contributed by atoms with Gasteiger partial charge in [0.05, 0.1) is 0 Å². The van der Waals surface area contributed by atoms with Gasteiger partial charge in [0.2, 0.25) is 0 Å². The van der Waals surface area contributed by atoms with Gasteiger partial charge in [-0.25, -0.2) is 0 Å². The number of alkyl halides is 1. The van der Waals surface area contributed by atoms with Crippen LogP contribution in [0.5, 0.6) is 0 Å². The van der Waals surface area contributed by atoms with Crippen LogP contribution in [0.1, 0.15) is 119 Å². The fourth-order valence-corrected chi connectivity index (χ4v) is 3.22. The maximum atomic E-state index is 3.49. The second-order valence-corrected chi connectivity index (χ2v) is 7.14. The van der Waals surface area contributed by atoms with Gasteiger partial charge in [0.25, 0.3) is 0 Å². The molecule has 0 saturated carbocycles. The van der Waals surface area contributed by atoms with Crippen LogP contribution in [0, 0.1) is 0 Å². The molecule has 126 valence electrons. The predicted octanol–water partition coefficient (Wildman–Crippen LogP) is 7.88. The number of unbranched alkanes of at least 4 members (excludes halogenated alkanes) is 16. The van der Waals surface area contributed by atoms with E-state index in [0.29, 0.717) is 0 Å². The Hall–Kier alpha value is 1.25. The molecule has 0 radical (unpaired) electrons. The molecule has 0 bridgehead atoms. The first-order valence-corrected chi connectivity index (χ1v) is 10.6. The molecule has 0 nitrogen and oxygen atoms in total. The van der Waals surface area contributed by atoms with Crippen LogP contribution in [-0.4, -0.2) is 28.4 Å². The third-order valence-electron chi connectivity index (χ3n) is 4.24. The van der Waals surface area contributed by atoms with E-state index in [1.165, 1.54) is 114 Å². The molecule has 0 aromatic rings. The first kappa shape index (κ1) is 24.5. The van der Waals surface area contributed by atoms with Gasteiger partial charge in [-0.05, 0) is 6.42 Å². The molecule has 0 unspecified atom stereocenters. The van der Waals surface area contributed by atoms with Gasteiger partial charge in [-0.3, -0.25) is 0 Å². The first-order chi connectivity index (χ1) is 9.91. The van der Waals surface area contributed by atoms with Crippen molar-refractivity contribution < 1.29 is 2.85 Å². The van der Waals surface area contributed by atoms with Crippen LogP contribution in [0.2, 0.25) is 0 Å². The zero-order valence-corrected chi connectivity index (χ0v) is 17.8. The summed E-state index contributed by atoms with van der Waals surface area (Å²) >= 11 is 3.49. The normalized spacial score (nSPS) is 10.6. The second-order valence-electron chi connectivity index (χ2n) is 6.35. The molecule has 0 aliphatic heterocycles. The molecule has 0 amide bonds. The van der Waals surface area contributed by atoms with Crippen LogP contribution in [0.15, 0.2) is 0 Å². The summed E-state index contributed by atoms with van der Waals surface area (Å²) in [6.07, 6.45) is 24.8. The first-order valence-electron chi connectivity index (χ1n) is 9.47. The summed E-state index contributed by atoms with van der Waals surface area (Å²) in [4.78, 5) is 0. The summed E-state index contributed by atoms with van der Waals surface area (Å²) in [5, 5.41) is 1.19. The van der Waals surface area contributed by atoms with Gasteiger partial charge in [-0.2, -0.15) is 0 Å². The molecule has 21 heavy (non-hydrogen) atoms. The van der Waals surface area contributed by atoms with Crippen LogP contribution < -0.4 is 0 Å². The van der Waals surface area contributed by atoms with Crippen molar-refractivity contribution in [3.05, 3.63) is 0 Å². The Kier molecular flexibility index (Phi) is 27.4. The molecule has 0 aromatic heterocycles. The second kappa shape index (κ2) is 23.5. The summed E-state index contributed by atoms with van der Waals surface area (Å²) in [6, 6.07) is 0. The van der Waals surface area contributed by atoms with Crippen molar-refractivity contribution in [1.29, 1.82) is 0 Å². The van der Waals surface area contributed by atoms with E-state index in [4.69, 9.17) is 0 Å².